The van der Waals surface area contributed by atoms with E-state index in [1.54, 1.807) is 0 Å². The van der Waals surface area contributed by atoms with Crippen LogP contribution in [-0.4, -0.2) is 0 Å². The van der Waals surface area contributed by atoms with E-state index in [4.69, 9.17) is 0 Å². The molecule has 0 N–H and O–H groups in total. The SMILES string of the molecule is c1ccc2c(c1)-c1ccccc1C21c2cc(-c3ccc4ccc5cccc6ccc3c4c56)ccc2-c2c1cc1ccccc1c2-c1ccc2ccccc2c1. The average molecular weight is 693 g/mol. The molecule has 0 radical (unpaired) electrons. The van der Waals surface area contributed by atoms with Crippen LogP contribution in [0.3, 0.4) is 0 Å². The Labute approximate surface area is 318 Å². The first-order chi connectivity index (χ1) is 27.3. The van der Waals surface area contributed by atoms with E-state index in [9.17, 15) is 0 Å². The Kier molecular flexibility index (Phi) is 5.65. The lowest BCUT2D eigenvalue weighted by molar-refractivity contribution is 0.795. The fourth-order valence-corrected chi connectivity index (χ4v) is 10.8. The van der Waals surface area contributed by atoms with Gasteiger partial charge >= 0.3 is 0 Å². The lowest BCUT2D eigenvalue weighted by atomic mass is 9.69. The minimum absolute atomic E-state index is 0.479. The van der Waals surface area contributed by atoms with Crippen molar-refractivity contribution < 1.29 is 0 Å². The van der Waals surface area contributed by atoms with E-state index >= 15 is 0 Å². The Bertz CT molecular complexity index is 3370. The molecule has 11 aromatic rings. The van der Waals surface area contributed by atoms with Gasteiger partial charge in [-0.2, -0.15) is 0 Å². The number of fused-ring (bicyclic) bond motifs is 12. The molecule has 13 rings (SSSR count). The summed E-state index contributed by atoms with van der Waals surface area (Å²) in [5.41, 5.74) is 15.4. The molecule has 1 spiro atoms. The molecule has 0 unspecified atom stereocenters. The molecule has 0 saturated carbocycles. The van der Waals surface area contributed by atoms with E-state index in [0.29, 0.717) is 0 Å². The minimum Gasteiger partial charge on any atom is -0.0619 e. The highest BCUT2D eigenvalue weighted by atomic mass is 14.5. The molecule has 55 heavy (non-hydrogen) atoms. The number of hydrogen-bond acceptors (Lipinski definition) is 0. The van der Waals surface area contributed by atoms with E-state index in [2.05, 4.69) is 194 Å². The van der Waals surface area contributed by atoms with Crippen LogP contribution >= 0.6 is 0 Å². The molecule has 0 saturated heterocycles. The monoisotopic (exact) mass is 692 g/mol. The summed E-state index contributed by atoms with van der Waals surface area (Å²) in [6.45, 7) is 0. The molecule has 252 valence electrons. The fourth-order valence-electron chi connectivity index (χ4n) is 10.8. The summed E-state index contributed by atoms with van der Waals surface area (Å²) in [5.74, 6) is 0. The van der Waals surface area contributed by atoms with Crippen molar-refractivity contribution >= 4 is 53.9 Å². The summed E-state index contributed by atoms with van der Waals surface area (Å²) in [6.07, 6.45) is 0. The van der Waals surface area contributed by atoms with Crippen molar-refractivity contribution in [3.63, 3.8) is 0 Å². The van der Waals surface area contributed by atoms with Crippen LogP contribution in [0.4, 0.5) is 0 Å². The highest BCUT2D eigenvalue weighted by Gasteiger charge is 2.52. The molecule has 0 atom stereocenters. The summed E-state index contributed by atoms with van der Waals surface area (Å²) in [7, 11) is 0. The van der Waals surface area contributed by atoms with Crippen molar-refractivity contribution in [3.05, 3.63) is 216 Å². The second-order valence-corrected chi connectivity index (χ2v) is 15.5. The van der Waals surface area contributed by atoms with Crippen LogP contribution in [0.5, 0.6) is 0 Å². The summed E-state index contributed by atoms with van der Waals surface area (Å²) in [5, 5.41) is 13.0. The van der Waals surface area contributed by atoms with E-state index in [1.807, 2.05) is 0 Å². The van der Waals surface area contributed by atoms with Gasteiger partial charge in [0.2, 0.25) is 0 Å². The first-order valence-corrected chi connectivity index (χ1v) is 19.3. The van der Waals surface area contributed by atoms with E-state index < -0.39 is 5.41 Å². The Balaban J connectivity index is 1.18. The third-order valence-corrected chi connectivity index (χ3v) is 13.0. The molecule has 2 aliphatic rings. The van der Waals surface area contributed by atoms with Gasteiger partial charge in [0, 0.05) is 0 Å². The largest absolute Gasteiger partial charge is 0.0726 e. The van der Waals surface area contributed by atoms with Gasteiger partial charge in [0.05, 0.1) is 5.41 Å². The van der Waals surface area contributed by atoms with Gasteiger partial charge in [0.15, 0.2) is 0 Å². The molecular weight excluding hydrogens is 661 g/mol. The Morgan fingerprint density at radius 2 is 0.836 bits per heavy atom. The predicted octanol–water partition coefficient (Wildman–Crippen LogP) is 14.6. The zero-order valence-electron chi connectivity index (χ0n) is 30.0. The maximum atomic E-state index is 2.55. The highest BCUT2D eigenvalue weighted by Crippen LogP contribution is 2.65. The van der Waals surface area contributed by atoms with E-state index in [0.717, 1.165) is 0 Å². The normalized spacial score (nSPS) is 13.6. The summed E-state index contributed by atoms with van der Waals surface area (Å²) >= 11 is 0. The van der Waals surface area contributed by atoms with Gasteiger partial charge in [-0.05, 0) is 139 Å². The molecule has 0 amide bonds. The predicted molar refractivity (Wildman–Crippen MR) is 232 cm³/mol. The number of hydrogen-bond donors (Lipinski definition) is 0. The van der Waals surface area contributed by atoms with Crippen LogP contribution < -0.4 is 0 Å². The lowest BCUT2D eigenvalue weighted by Crippen LogP contribution is -2.26. The molecular formula is C55H32. The number of rotatable bonds is 2. The van der Waals surface area contributed by atoms with Crippen molar-refractivity contribution in [2.45, 2.75) is 5.41 Å². The second kappa shape index (κ2) is 10.6. The van der Waals surface area contributed by atoms with E-state index in [-0.39, 0.29) is 0 Å². The Hall–Kier alpha value is -7.02. The average Bonchev–Trinajstić information content (AvgIpc) is 3.71. The second-order valence-electron chi connectivity index (χ2n) is 15.5. The smallest absolute Gasteiger partial charge is 0.0619 e. The minimum atomic E-state index is -0.479. The van der Waals surface area contributed by atoms with Crippen LogP contribution in [0.25, 0.3) is 98.4 Å². The zero-order valence-corrected chi connectivity index (χ0v) is 30.0. The van der Waals surface area contributed by atoms with Gasteiger partial charge < -0.3 is 0 Å². The first-order valence-electron chi connectivity index (χ1n) is 19.3. The Morgan fingerprint density at radius 1 is 0.255 bits per heavy atom. The van der Waals surface area contributed by atoms with Crippen LogP contribution in [-0.2, 0) is 5.41 Å². The zero-order chi connectivity index (χ0) is 35.8. The first kappa shape index (κ1) is 29.4. The summed E-state index contributed by atoms with van der Waals surface area (Å²) < 4.78 is 0. The van der Waals surface area contributed by atoms with Crippen LogP contribution in [0, 0.1) is 0 Å². The topological polar surface area (TPSA) is 0 Å². The van der Waals surface area contributed by atoms with Crippen LogP contribution in [0.2, 0.25) is 0 Å². The van der Waals surface area contributed by atoms with Crippen molar-refractivity contribution in [2.75, 3.05) is 0 Å². The fraction of sp³-hybridized carbons (Fsp3) is 0.0182. The van der Waals surface area contributed by atoms with Crippen molar-refractivity contribution in [2.24, 2.45) is 0 Å². The van der Waals surface area contributed by atoms with Gasteiger partial charge in [-0.15, -0.1) is 0 Å². The molecule has 0 aromatic heterocycles. The van der Waals surface area contributed by atoms with Gasteiger partial charge in [0.1, 0.15) is 0 Å². The van der Waals surface area contributed by atoms with Crippen LogP contribution in [0.15, 0.2) is 194 Å². The standard InChI is InChI=1S/C55H32/c1-2-11-37-30-40(23-20-33(37)10-1)53-42-15-4-3-12-38(42)32-50-54(53)46-29-26-39(31-49(46)55(50)47-18-7-5-16-43(47)44-17-6-8-19-48(44)55)41-27-24-36-22-21-34-13-9-14-35-25-28-45(41)52(36)51(34)35/h1-32H. The van der Waals surface area contributed by atoms with Gasteiger partial charge in [-0.1, -0.05) is 176 Å². The molecule has 0 bridgehead atoms. The summed E-state index contributed by atoms with van der Waals surface area (Å²) in [6, 6.07) is 73.6. The third-order valence-electron chi connectivity index (χ3n) is 13.0. The van der Waals surface area contributed by atoms with Crippen molar-refractivity contribution in [1.82, 2.24) is 0 Å². The van der Waals surface area contributed by atoms with Crippen molar-refractivity contribution in [1.29, 1.82) is 0 Å². The van der Waals surface area contributed by atoms with Crippen molar-refractivity contribution in [3.8, 4) is 44.5 Å². The molecule has 0 heterocycles. The quantitative estimate of drug-likeness (QED) is 0.158. The molecule has 0 aliphatic heterocycles. The molecule has 0 nitrogen and oxygen atoms in total. The summed E-state index contributed by atoms with van der Waals surface area (Å²) in [4.78, 5) is 0. The maximum Gasteiger partial charge on any atom is 0.0726 e. The molecule has 2 aliphatic carbocycles. The lowest BCUT2D eigenvalue weighted by Gasteiger charge is -2.31. The third kappa shape index (κ3) is 3.71. The molecule has 0 fully saturated rings. The van der Waals surface area contributed by atoms with Gasteiger partial charge in [-0.3, -0.25) is 0 Å². The van der Waals surface area contributed by atoms with Gasteiger partial charge in [0.25, 0.3) is 0 Å². The van der Waals surface area contributed by atoms with Crippen LogP contribution in [0.1, 0.15) is 22.3 Å². The highest BCUT2D eigenvalue weighted by molar-refractivity contribution is 6.25. The van der Waals surface area contributed by atoms with E-state index in [1.165, 1.54) is 121 Å². The molecule has 0 heteroatoms. The molecule has 11 aromatic carbocycles. The Morgan fingerprint density at radius 3 is 1.64 bits per heavy atom. The number of benzene rings is 11. The van der Waals surface area contributed by atoms with Gasteiger partial charge in [-0.25, -0.2) is 0 Å². The maximum absolute atomic E-state index is 2.55.